The number of anilines is 1. The van der Waals surface area contributed by atoms with Crippen LogP contribution in [0.1, 0.15) is 5.69 Å². The number of benzene rings is 1. The van der Waals surface area contributed by atoms with Gasteiger partial charge in [-0.2, -0.15) is 0 Å². The molecule has 1 aromatic heterocycles. The van der Waals surface area contributed by atoms with Gasteiger partial charge in [0, 0.05) is 34.4 Å². The fourth-order valence-corrected chi connectivity index (χ4v) is 2.17. The molecule has 0 amide bonds. The molecular weight excluding hydrogens is 299 g/mol. The average Bonchev–Trinajstić information content (AvgIpc) is 2.17. The number of hydrogen-bond acceptors (Lipinski definition) is 2. The van der Waals surface area contributed by atoms with Gasteiger partial charge in [0.05, 0.1) is 5.52 Å². The van der Waals surface area contributed by atoms with E-state index in [0.717, 1.165) is 11.2 Å². The van der Waals surface area contributed by atoms with Crippen LogP contribution in [0.5, 0.6) is 0 Å². The molecule has 0 aliphatic rings. The SMILES string of the molecule is Cc1cc(N(C)C)c2cc(I)ccc2n1. The molecule has 0 radical (unpaired) electrons. The molecule has 15 heavy (non-hydrogen) atoms. The summed E-state index contributed by atoms with van der Waals surface area (Å²) < 4.78 is 1.24. The highest BCUT2D eigenvalue weighted by molar-refractivity contribution is 14.1. The van der Waals surface area contributed by atoms with E-state index in [1.807, 2.05) is 6.92 Å². The third-order valence-electron chi connectivity index (χ3n) is 2.36. The molecule has 0 spiro atoms. The highest BCUT2D eigenvalue weighted by Gasteiger charge is 2.05. The smallest absolute Gasteiger partial charge is 0.0726 e. The van der Waals surface area contributed by atoms with Gasteiger partial charge in [0.2, 0.25) is 0 Å². The third-order valence-corrected chi connectivity index (χ3v) is 3.03. The molecule has 0 fully saturated rings. The predicted octanol–water partition coefficient (Wildman–Crippen LogP) is 3.21. The van der Waals surface area contributed by atoms with Crippen LogP contribution in [0.15, 0.2) is 24.3 Å². The largest absolute Gasteiger partial charge is 0.377 e. The van der Waals surface area contributed by atoms with E-state index in [-0.39, 0.29) is 0 Å². The Bertz CT molecular complexity index is 506. The van der Waals surface area contributed by atoms with Crippen LogP contribution in [-0.2, 0) is 0 Å². The average molecular weight is 312 g/mol. The minimum Gasteiger partial charge on any atom is -0.377 e. The van der Waals surface area contributed by atoms with E-state index < -0.39 is 0 Å². The van der Waals surface area contributed by atoms with Gasteiger partial charge >= 0.3 is 0 Å². The van der Waals surface area contributed by atoms with Gasteiger partial charge in [-0.1, -0.05) is 0 Å². The van der Waals surface area contributed by atoms with Crippen LogP contribution in [0.4, 0.5) is 5.69 Å². The van der Waals surface area contributed by atoms with Crippen LogP contribution >= 0.6 is 22.6 Å². The summed E-state index contributed by atoms with van der Waals surface area (Å²) in [5.41, 5.74) is 3.36. The Hall–Kier alpha value is -0.840. The number of nitrogens with zero attached hydrogens (tertiary/aromatic N) is 2. The van der Waals surface area contributed by atoms with Gasteiger partial charge in [0.1, 0.15) is 0 Å². The van der Waals surface area contributed by atoms with Crippen molar-refractivity contribution in [2.75, 3.05) is 19.0 Å². The van der Waals surface area contributed by atoms with E-state index in [4.69, 9.17) is 0 Å². The second-order valence-corrected chi connectivity index (χ2v) is 5.08. The number of rotatable bonds is 1. The van der Waals surface area contributed by atoms with Crippen LogP contribution in [0, 0.1) is 10.5 Å². The van der Waals surface area contributed by atoms with Crippen molar-refractivity contribution >= 4 is 39.2 Å². The zero-order valence-electron chi connectivity index (χ0n) is 9.08. The first-order valence-electron chi connectivity index (χ1n) is 4.82. The summed E-state index contributed by atoms with van der Waals surface area (Å²) in [5.74, 6) is 0. The Morgan fingerprint density at radius 2 is 1.93 bits per heavy atom. The maximum Gasteiger partial charge on any atom is 0.0726 e. The van der Waals surface area contributed by atoms with Crippen LogP contribution in [0.3, 0.4) is 0 Å². The van der Waals surface area contributed by atoms with Crippen molar-refractivity contribution < 1.29 is 0 Å². The first kappa shape index (κ1) is 10.7. The van der Waals surface area contributed by atoms with Gasteiger partial charge in [-0.3, -0.25) is 4.98 Å². The number of fused-ring (bicyclic) bond motifs is 1. The maximum atomic E-state index is 4.53. The molecule has 0 saturated heterocycles. The molecule has 0 unspecified atom stereocenters. The van der Waals surface area contributed by atoms with E-state index in [9.17, 15) is 0 Å². The number of pyridine rings is 1. The molecule has 0 N–H and O–H groups in total. The van der Waals surface area contributed by atoms with E-state index in [2.05, 4.69) is 70.8 Å². The quantitative estimate of drug-likeness (QED) is 0.752. The zero-order valence-corrected chi connectivity index (χ0v) is 11.2. The Morgan fingerprint density at radius 1 is 1.20 bits per heavy atom. The second-order valence-electron chi connectivity index (χ2n) is 3.84. The van der Waals surface area contributed by atoms with Crippen molar-refractivity contribution in [1.29, 1.82) is 0 Å². The number of hydrogen-bond donors (Lipinski definition) is 0. The number of aryl methyl sites for hydroxylation is 1. The summed E-state index contributed by atoms with van der Waals surface area (Å²) in [5, 5.41) is 1.22. The molecular formula is C12H13IN2. The Balaban J connectivity index is 2.81. The standard InChI is InChI=1S/C12H13IN2/c1-8-6-12(15(2)3)10-7-9(13)4-5-11(10)14-8/h4-7H,1-3H3. The van der Waals surface area contributed by atoms with Crippen LogP contribution in [0.2, 0.25) is 0 Å². The lowest BCUT2D eigenvalue weighted by Crippen LogP contribution is -2.10. The summed E-state index contributed by atoms with van der Waals surface area (Å²) >= 11 is 2.33. The van der Waals surface area contributed by atoms with E-state index in [1.54, 1.807) is 0 Å². The number of aromatic nitrogens is 1. The summed E-state index contributed by atoms with van der Waals surface area (Å²) in [6.07, 6.45) is 0. The molecule has 1 heterocycles. The van der Waals surface area contributed by atoms with E-state index in [0.29, 0.717) is 0 Å². The van der Waals surface area contributed by atoms with Crippen LogP contribution in [-0.4, -0.2) is 19.1 Å². The van der Waals surface area contributed by atoms with Crippen molar-refractivity contribution in [1.82, 2.24) is 4.98 Å². The summed E-state index contributed by atoms with van der Waals surface area (Å²) in [4.78, 5) is 6.66. The summed E-state index contributed by atoms with van der Waals surface area (Å²) in [6.45, 7) is 2.03. The molecule has 0 bridgehead atoms. The lowest BCUT2D eigenvalue weighted by atomic mass is 10.1. The molecule has 0 aliphatic carbocycles. The fourth-order valence-electron chi connectivity index (χ4n) is 1.68. The van der Waals surface area contributed by atoms with Crippen molar-refractivity contribution in [2.24, 2.45) is 0 Å². The molecule has 2 rings (SSSR count). The lowest BCUT2D eigenvalue weighted by Gasteiger charge is -2.16. The third kappa shape index (κ3) is 2.07. The first-order chi connectivity index (χ1) is 7.08. The Kier molecular flexibility index (Phi) is 2.82. The molecule has 0 saturated carbocycles. The Labute approximate surface area is 103 Å². The van der Waals surface area contributed by atoms with Gasteiger partial charge in [-0.15, -0.1) is 0 Å². The molecule has 2 aromatic rings. The summed E-state index contributed by atoms with van der Waals surface area (Å²) in [6, 6.07) is 8.47. The molecule has 2 nitrogen and oxygen atoms in total. The van der Waals surface area contributed by atoms with Crippen LogP contribution < -0.4 is 4.90 Å². The molecule has 1 aromatic carbocycles. The monoisotopic (exact) mass is 312 g/mol. The van der Waals surface area contributed by atoms with Crippen LogP contribution in [0.25, 0.3) is 10.9 Å². The molecule has 0 atom stereocenters. The van der Waals surface area contributed by atoms with Crippen molar-refractivity contribution in [3.8, 4) is 0 Å². The molecule has 0 aliphatic heterocycles. The van der Waals surface area contributed by atoms with E-state index >= 15 is 0 Å². The molecule has 78 valence electrons. The molecule has 3 heteroatoms. The van der Waals surface area contributed by atoms with Crippen molar-refractivity contribution in [3.63, 3.8) is 0 Å². The zero-order chi connectivity index (χ0) is 11.0. The highest BCUT2D eigenvalue weighted by Crippen LogP contribution is 2.26. The van der Waals surface area contributed by atoms with Gasteiger partial charge in [0.15, 0.2) is 0 Å². The van der Waals surface area contributed by atoms with Gasteiger partial charge < -0.3 is 4.90 Å². The van der Waals surface area contributed by atoms with Crippen molar-refractivity contribution in [2.45, 2.75) is 6.92 Å². The van der Waals surface area contributed by atoms with Gasteiger partial charge in [-0.05, 0) is 53.8 Å². The lowest BCUT2D eigenvalue weighted by molar-refractivity contribution is 1.12. The maximum absolute atomic E-state index is 4.53. The van der Waals surface area contributed by atoms with Gasteiger partial charge in [-0.25, -0.2) is 0 Å². The van der Waals surface area contributed by atoms with E-state index in [1.165, 1.54) is 14.6 Å². The first-order valence-corrected chi connectivity index (χ1v) is 5.90. The second kappa shape index (κ2) is 3.96. The fraction of sp³-hybridized carbons (Fsp3) is 0.250. The minimum absolute atomic E-state index is 1.06. The van der Waals surface area contributed by atoms with Crippen molar-refractivity contribution in [3.05, 3.63) is 33.5 Å². The normalized spacial score (nSPS) is 10.7. The summed E-state index contributed by atoms with van der Waals surface area (Å²) in [7, 11) is 4.13. The highest BCUT2D eigenvalue weighted by atomic mass is 127. The minimum atomic E-state index is 1.06. The topological polar surface area (TPSA) is 16.1 Å². The Morgan fingerprint density at radius 3 is 2.60 bits per heavy atom. The number of halogens is 1. The van der Waals surface area contributed by atoms with Gasteiger partial charge in [0.25, 0.3) is 0 Å². The predicted molar refractivity (Wildman–Crippen MR) is 73.5 cm³/mol.